The Bertz CT molecular complexity index is 1040. The number of hydrogen-bond donors (Lipinski definition) is 0. The first-order chi connectivity index (χ1) is 17.4. The second kappa shape index (κ2) is 10.9. The molecule has 0 saturated carbocycles. The van der Waals surface area contributed by atoms with Gasteiger partial charge in [-0.15, -0.1) is 0 Å². The minimum absolute atomic E-state index is 0.0657. The van der Waals surface area contributed by atoms with E-state index in [0.29, 0.717) is 24.7 Å². The zero-order chi connectivity index (χ0) is 26.8. The van der Waals surface area contributed by atoms with Crippen LogP contribution in [0, 0.1) is 0 Å². The van der Waals surface area contributed by atoms with Gasteiger partial charge >= 0.3 is 6.09 Å². The summed E-state index contributed by atoms with van der Waals surface area (Å²) in [6.45, 7) is 13.1. The molecular weight excluding hydrogens is 498 g/mol. The highest BCUT2D eigenvalue weighted by molar-refractivity contribution is 8.00. The molecule has 3 atom stereocenters. The number of benzene rings is 2. The first-order valence-electron chi connectivity index (χ1n) is 13.4. The summed E-state index contributed by atoms with van der Waals surface area (Å²) in [7, 11) is -2.59. The van der Waals surface area contributed by atoms with E-state index in [1.54, 1.807) is 0 Å². The number of hydrogen-bond acceptors (Lipinski definition) is 5. The number of amides is 2. The van der Waals surface area contributed by atoms with Crippen molar-refractivity contribution in [2.24, 2.45) is 0 Å². The molecule has 2 amide bonds. The molecule has 0 N–H and O–H groups in total. The Morgan fingerprint density at radius 3 is 2.00 bits per heavy atom. The number of thioether (sulfide) groups is 1. The van der Waals surface area contributed by atoms with E-state index < -0.39 is 20.0 Å². The molecule has 2 heterocycles. The van der Waals surface area contributed by atoms with Gasteiger partial charge in [0.25, 0.3) is 8.32 Å². The molecule has 5 nitrogen and oxygen atoms in total. The molecular formula is C30H41NO4SSi. The van der Waals surface area contributed by atoms with Crippen LogP contribution in [0.4, 0.5) is 4.79 Å². The van der Waals surface area contributed by atoms with Crippen molar-refractivity contribution in [1.29, 1.82) is 0 Å². The SMILES string of the molecule is CC(C)(C)OC(=O)N1C(=O)CC[C@@H]1[C@H]1CC[C@H](CO[Si](c2ccccc2)(c2ccccc2)C(C)(C)C)S1. The Morgan fingerprint density at radius 2 is 1.49 bits per heavy atom. The van der Waals surface area contributed by atoms with Crippen molar-refractivity contribution in [2.45, 2.75) is 94.4 Å². The third-order valence-electron chi connectivity index (χ3n) is 7.32. The summed E-state index contributed by atoms with van der Waals surface area (Å²) >= 11 is 1.89. The molecule has 2 aliphatic heterocycles. The Labute approximate surface area is 227 Å². The van der Waals surface area contributed by atoms with Gasteiger partial charge in [0.2, 0.25) is 5.91 Å². The van der Waals surface area contributed by atoms with Gasteiger partial charge in [-0.1, -0.05) is 81.4 Å². The highest BCUT2D eigenvalue weighted by Crippen LogP contribution is 2.43. The molecule has 0 bridgehead atoms. The average Bonchev–Trinajstić information content (AvgIpc) is 3.45. The van der Waals surface area contributed by atoms with Gasteiger partial charge < -0.3 is 9.16 Å². The van der Waals surface area contributed by atoms with E-state index in [2.05, 4.69) is 81.4 Å². The lowest BCUT2D eigenvalue weighted by Crippen LogP contribution is -2.67. The summed E-state index contributed by atoms with van der Waals surface area (Å²) in [5.74, 6) is -0.119. The van der Waals surface area contributed by atoms with Crippen molar-refractivity contribution >= 4 is 42.5 Å². The van der Waals surface area contributed by atoms with Crippen LogP contribution in [0.3, 0.4) is 0 Å². The van der Waals surface area contributed by atoms with Crippen molar-refractivity contribution < 1.29 is 18.8 Å². The molecule has 2 fully saturated rings. The van der Waals surface area contributed by atoms with Crippen molar-refractivity contribution in [3.05, 3.63) is 60.7 Å². The molecule has 2 aromatic carbocycles. The predicted octanol–water partition coefficient (Wildman–Crippen LogP) is 5.75. The third kappa shape index (κ3) is 5.99. The smallest absolute Gasteiger partial charge is 0.417 e. The number of carbonyl (C=O) groups is 2. The Balaban J connectivity index is 1.52. The van der Waals surface area contributed by atoms with Crippen molar-refractivity contribution in [3.63, 3.8) is 0 Å². The minimum Gasteiger partial charge on any atom is -0.443 e. The predicted molar refractivity (Wildman–Crippen MR) is 154 cm³/mol. The van der Waals surface area contributed by atoms with E-state index in [9.17, 15) is 9.59 Å². The number of imide groups is 1. The Morgan fingerprint density at radius 1 is 0.919 bits per heavy atom. The molecule has 2 aliphatic rings. The zero-order valence-electron chi connectivity index (χ0n) is 23.0. The number of ether oxygens (including phenoxy) is 1. The molecule has 0 unspecified atom stereocenters. The van der Waals surface area contributed by atoms with Crippen LogP contribution < -0.4 is 10.4 Å². The van der Waals surface area contributed by atoms with E-state index in [0.717, 1.165) is 12.8 Å². The fourth-order valence-electron chi connectivity index (χ4n) is 5.73. The lowest BCUT2D eigenvalue weighted by Gasteiger charge is -2.43. The van der Waals surface area contributed by atoms with Crippen LogP contribution in [0.5, 0.6) is 0 Å². The molecule has 4 rings (SSSR count). The Kier molecular flexibility index (Phi) is 8.27. The van der Waals surface area contributed by atoms with Crippen molar-refractivity contribution in [3.8, 4) is 0 Å². The minimum atomic E-state index is -2.59. The van der Waals surface area contributed by atoms with Crippen LogP contribution in [-0.4, -0.2) is 54.0 Å². The lowest BCUT2D eigenvalue weighted by atomic mass is 10.1. The summed E-state index contributed by atoms with van der Waals surface area (Å²) in [6, 6.07) is 21.3. The number of carbonyl (C=O) groups excluding carboxylic acids is 2. The number of rotatable bonds is 6. The summed E-state index contributed by atoms with van der Waals surface area (Å²) in [4.78, 5) is 26.9. The highest BCUT2D eigenvalue weighted by Gasteiger charge is 2.51. The second-order valence-electron chi connectivity index (χ2n) is 12.2. The van der Waals surface area contributed by atoms with Gasteiger partial charge in [-0.25, -0.2) is 9.69 Å². The normalized spacial score (nSPS) is 22.9. The number of nitrogens with zero attached hydrogens (tertiary/aromatic N) is 1. The maximum absolute atomic E-state index is 12.9. The fraction of sp³-hybridized carbons (Fsp3) is 0.533. The van der Waals surface area contributed by atoms with Crippen LogP contribution in [0.15, 0.2) is 60.7 Å². The molecule has 0 spiro atoms. The van der Waals surface area contributed by atoms with Crippen LogP contribution >= 0.6 is 11.8 Å². The maximum atomic E-state index is 12.9. The molecule has 0 radical (unpaired) electrons. The van der Waals surface area contributed by atoms with Crippen LogP contribution in [0.25, 0.3) is 0 Å². The van der Waals surface area contributed by atoms with E-state index >= 15 is 0 Å². The molecule has 37 heavy (non-hydrogen) atoms. The standard InChI is InChI=1S/C30H41NO4SSi/c1-29(2,3)35-28(33)31-25(18-20-27(31)32)26-19-17-22(36-26)21-34-37(30(4,5)6,23-13-9-7-10-14-23)24-15-11-8-12-16-24/h7-16,22,25-26H,17-21H2,1-6H3/t22-,25-,26-/m1/s1. The van der Waals surface area contributed by atoms with Gasteiger partial charge in [-0.05, 0) is 55.4 Å². The first kappa shape index (κ1) is 27.9. The summed E-state index contributed by atoms with van der Waals surface area (Å²) in [5, 5.41) is 3.04. The van der Waals surface area contributed by atoms with Crippen molar-refractivity contribution in [2.75, 3.05) is 6.61 Å². The van der Waals surface area contributed by atoms with Gasteiger partial charge in [0.05, 0.1) is 6.04 Å². The maximum Gasteiger partial charge on any atom is 0.417 e. The molecule has 2 aromatic rings. The average molecular weight is 540 g/mol. The second-order valence-corrected chi connectivity index (χ2v) is 18.0. The number of likely N-dealkylation sites (tertiary alicyclic amines) is 1. The molecule has 7 heteroatoms. The molecule has 0 aliphatic carbocycles. The zero-order valence-corrected chi connectivity index (χ0v) is 24.8. The van der Waals surface area contributed by atoms with Gasteiger partial charge in [0.1, 0.15) is 5.60 Å². The van der Waals surface area contributed by atoms with Crippen LogP contribution in [0.1, 0.15) is 67.2 Å². The van der Waals surface area contributed by atoms with Crippen LogP contribution in [0.2, 0.25) is 5.04 Å². The molecule has 0 aromatic heterocycles. The Hall–Kier alpha value is -2.09. The monoisotopic (exact) mass is 539 g/mol. The topological polar surface area (TPSA) is 55.8 Å². The van der Waals surface area contributed by atoms with E-state index in [1.807, 2.05) is 32.5 Å². The largest absolute Gasteiger partial charge is 0.443 e. The van der Waals surface area contributed by atoms with Crippen molar-refractivity contribution in [1.82, 2.24) is 4.90 Å². The summed E-state index contributed by atoms with van der Waals surface area (Å²) < 4.78 is 12.7. The quantitative estimate of drug-likeness (QED) is 0.437. The van der Waals surface area contributed by atoms with E-state index in [4.69, 9.17) is 9.16 Å². The van der Waals surface area contributed by atoms with Gasteiger partial charge in [-0.2, -0.15) is 11.8 Å². The van der Waals surface area contributed by atoms with Gasteiger partial charge in [0, 0.05) is 23.5 Å². The third-order valence-corrected chi connectivity index (χ3v) is 14.0. The van der Waals surface area contributed by atoms with E-state index in [-0.39, 0.29) is 22.2 Å². The van der Waals surface area contributed by atoms with Crippen LogP contribution in [-0.2, 0) is 14.0 Å². The lowest BCUT2D eigenvalue weighted by molar-refractivity contribution is -0.128. The van der Waals surface area contributed by atoms with Gasteiger partial charge in [0.15, 0.2) is 0 Å². The summed E-state index contributed by atoms with van der Waals surface area (Å²) in [5.41, 5.74) is -0.626. The first-order valence-corrected chi connectivity index (χ1v) is 16.2. The molecule has 200 valence electrons. The van der Waals surface area contributed by atoms with E-state index in [1.165, 1.54) is 15.3 Å². The molecule has 2 saturated heterocycles. The fourth-order valence-corrected chi connectivity index (χ4v) is 12.1. The summed E-state index contributed by atoms with van der Waals surface area (Å²) in [6.07, 6.45) is 2.59. The highest BCUT2D eigenvalue weighted by atomic mass is 32.2. The van der Waals surface area contributed by atoms with Gasteiger partial charge in [-0.3, -0.25) is 4.79 Å².